The molecule has 4 rings (SSSR count). The highest BCUT2D eigenvalue weighted by Gasteiger charge is 2.16. The van der Waals surface area contributed by atoms with Gasteiger partial charge in [0.2, 0.25) is 11.8 Å². The Bertz CT molecular complexity index is 1190. The number of amides is 1. The number of esters is 1. The molecule has 3 aromatic carbocycles. The molecule has 8 heteroatoms. The molecule has 0 aliphatic heterocycles. The number of hydrogen-bond donors (Lipinski definition) is 1. The average Bonchev–Trinajstić information content (AvgIpc) is 3.21. The predicted octanol–water partition coefficient (Wildman–Crippen LogP) is 5.05. The Labute approximate surface area is 181 Å². The second-order valence-electron chi connectivity index (χ2n) is 6.49. The van der Waals surface area contributed by atoms with Crippen molar-refractivity contribution in [3.63, 3.8) is 0 Å². The van der Waals surface area contributed by atoms with Gasteiger partial charge in [0.05, 0.1) is 11.3 Å². The molecule has 0 bridgehead atoms. The Kier molecular flexibility index (Phi) is 6.28. The Morgan fingerprint density at radius 2 is 1.74 bits per heavy atom. The van der Waals surface area contributed by atoms with Gasteiger partial charge in [-0.05, 0) is 48.5 Å². The molecule has 0 unspecified atom stereocenters. The number of benzene rings is 3. The van der Waals surface area contributed by atoms with Gasteiger partial charge < -0.3 is 14.5 Å². The summed E-state index contributed by atoms with van der Waals surface area (Å²) in [6.07, 6.45) is 0. The van der Waals surface area contributed by atoms with Gasteiger partial charge in [0.25, 0.3) is 0 Å². The summed E-state index contributed by atoms with van der Waals surface area (Å²) in [5.41, 5.74) is 2.16. The first kappa shape index (κ1) is 20.6. The van der Waals surface area contributed by atoms with E-state index in [1.807, 2.05) is 18.2 Å². The number of aromatic nitrogens is 1. The molecule has 0 radical (unpaired) electrons. The van der Waals surface area contributed by atoms with E-state index in [0.717, 1.165) is 0 Å². The van der Waals surface area contributed by atoms with Gasteiger partial charge in [0.15, 0.2) is 12.2 Å². The number of anilines is 1. The maximum Gasteiger partial charge on any atom is 0.339 e. The van der Waals surface area contributed by atoms with E-state index < -0.39 is 5.97 Å². The monoisotopic (exact) mass is 436 g/mol. The van der Waals surface area contributed by atoms with Crippen LogP contribution in [0.25, 0.3) is 11.1 Å². The van der Waals surface area contributed by atoms with E-state index in [4.69, 9.17) is 9.15 Å². The number of oxazole rings is 1. The molecule has 0 aliphatic rings. The highest BCUT2D eigenvalue weighted by Crippen LogP contribution is 2.24. The number of carbonyl (C=O) groups is 2. The third kappa shape index (κ3) is 5.29. The Balaban J connectivity index is 1.36. The quantitative estimate of drug-likeness (QED) is 0.322. The van der Waals surface area contributed by atoms with Crippen LogP contribution in [0.1, 0.15) is 16.2 Å². The van der Waals surface area contributed by atoms with Crippen molar-refractivity contribution >= 4 is 40.4 Å². The summed E-state index contributed by atoms with van der Waals surface area (Å²) in [5.74, 6) is -0.807. The fourth-order valence-electron chi connectivity index (χ4n) is 2.82. The topological polar surface area (TPSA) is 81.4 Å². The second kappa shape index (κ2) is 9.44. The maximum absolute atomic E-state index is 13.0. The summed E-state index contributed by atoms with van der Waals surface area (Å²) >= 11 is 1.21. The minimum Gasteiger partial charge on any atom is -0.452 e. The van der Waals surface area contributed by atoms with Gasteiger partial charge in [-0.3, -0.25) is 4.79 Å². The normalized spacial score (nSPS) is 10.7. The highest BCUT2D eigenvalue weighted by atomic mass is 32.2. The molecule has 0 saturated carbocycles. The lowest BCUT2D eigenvalue weighted by molar-refractivity contribution is -0.113. The van der Waals surface area contributed by atoms with E-state index in [2.05, 4.69) is 10.3 Å². The van der Waals surface area contributed by atoms with Crippen molar-refractivity contribution in [3.05, 3.63) is 90.1 Å². The van der Waals surface area contributed by atoms with Crippen LogP contribution in [0.5, 0.6) is 0 Å². The first-order chi connectivity index (χ1) is 15.1. The fourth-order valence-corrected chi connectivity index (χ4v) is 3.66. The summed E-state index contributed by atoms with van der Waals surface area (Å²) in [5, 5.41) is 2.68. The number of hydrogen-bond acceptors (Lipinski definition) is 6. The zero-order valence-electron chi connectivity index (χ0n) is 16.2. The number of thioether (sulfide) groups is 1. The molecule has 1 N–H and O–H groups in total. The van der Waals surface area contributed by atoms with E-state index in [1.54, 1.807) is 30.3 Å². The van der Waals surface area contributed by atoms with Crippen molar-refractivity contribution in [2.75, 3.05) is 11.1 Å². The van der Waals surface area contributed by atoms with Gasteiger partial charge in [0, 0.05) is 10.6 Å². The minimum absolute atomic E-state index is 0.0762. The Hall–Kier alpha value is -3.65. The van der Waals surface area contributed by atoms with Crippen LogP contribution in [0.15, 0.2) is 82.1 Å². The third-order valence-corrected chi connectivity index (χ3v) is 5.33. The van der Waals surface area contributed by atoms with Gasteiger partial charge in [-0.15, -0.1) is 11.8 Å². The van der Waals surface area contributed by atoms with Crippen molar-refractivity contribution in [2.24, 2.45) is 0 Å². The number of nitrogens with zero attached hydrogens (tertiary/aromatic N) is 1. The van der Waals surface area contributed by atoms with Gasteiger partial charge in [-0.25, -0.2) is 14.2 Å². The number of rotatable bonds is 7. The molecule has 0 spiro atoms. The number of fused-ring (bicyclic) bond motifs is 1. The second-order valence-corrected chi connectivity index (χ2v) is 7.51. The van der Waals surface area contributed by atoms with Gasteiger partial charge >= 0.3 is 5.97 Å². The Morgan fingerprint density at radius 1 is 1.00 bits per heavy atom. The summed E-state index contributed by atoms with van der Waals surface area (Å²) in [6, 6.07) is 19.7. The Morgan fingerprint density at radius 3 is 2.55 bits per heavy atom. The number of para-hydroxylation sites is 2. The molecular formula is C23H17FN2O4S. The van der Waals surface area contributed by atoms with Crippen LogP contribution in [0.3, 0.4) is 0 Å². The van der Waals surface area contributed by atoms with Crippen molar-refractivity contribution in [3.8, 4) is 0 Å². The number of nitrogens with one attached hydrogen (secondary N) is 1. The lowest BCUT2D eigenvalue weighted by atomic mass is 10.2. The van der Waals surface area contributed by atoms with Crippen LogP contribution >= 0.6 is 11.8 Å². The standard InChI is InChI=1S/C23H17FN2O4S/c24-15-9-11-16(12-10-15)25-21(27)14-31-20-8-4-1-5-17(20)23(28)29-13-22-26-18-6-2-3-7-19(18)30-22/h1-12H,13-14H2,(H,25,27). The van der Waals surface area contributed by atoms with Gasteiger partial charge in [-0.2, -0.15) is 0 Å². The van der Waals surface area contributed by atoms with E-state index in [1.165, 1.54) is 36.0 Å². The van der Waals surface area contributed by atoms with E-state index >= 15 is 0 Å². The fraction of sp³-hybridized carbons (Fsp3) is 0.0870. The first-order valence-electron chi connectivity index (χ1n) is 9.37. The van der Waals surface area contributed by atoms with Crippen LogP contribution in [0.4, 0.5) is 10.1 Å². The van der Waals surface area contributed by atoms with Crippen LogP contribution in [-0.2, 0) is 16.1 Å². The first-order valence-corrected chi connectivity index (χ1v) is 10.4. The highest BCUT2D eigenvalue weighted by molar-refractivity contribution is 8.00. The summed E-state index contributed by atoms with van der Waals surface area (Å²) < 4.78 is 23.9. The van der Waals surface area contributed by atoms with Crippen LogP contribution in [0, 0.1) is 5.82 Å². The van der Waals surface area contributed by atoms with Crippen molar-refractivity contribution in [2.45, 2.75) is 11.5 Å². The zero-order valence-corrected chi connectivity index (χ0v) is 17.0. The minimum atomic E-state index is -0.538. The average molecular weight is 436 g/mol. The predicted molar refractivity (Wildman–Crippen MR) is 115 cm³/mol. The molecule has 0 aliphatic carbocycles. The molecule has 1 aromatic heterocycles. The molecule has 1 amide bonds. The van der Waals surface area contributed by atoms with Crippen molar-refractivity contribution < 1.29 is 23.1 Å². The number of carbonyl (C=O) groups excluding carboxylic acids is 2. The molecule has 0 saturated heterocycles. The third-order valence-electron chi connectivity index (χ3n) is 4.26. The van der Waals surface area contributed by atoms with Crippen molar-refractivity contribution in [1.29, 1.82) is 0 Å². The SMILES string of the molecule is O=C(CSc1ccccc1C(=O)OCc1nc2ccccc2o1)Nc1ccc(F)cc1. The van der Waals surface area contributed by atoms with Crippen LogP contribution in [0.2, 0.25) is 0 Å². The molecule has 6 nitrogen and oxygen atoms in total. The van der Waals surface area contributed by atoms with Gasteiger partial charge in [0.1, 0.15) is 11.3 Å². The largest absolute Gasteiger partial charge is 0.452 e. The van der Waals surface area contributed by atoms with E-state index in [9.17, 15) is 14.0 Å². The summed E-state index contributed by atoms with van der Waals surface area (Å²) in [4.78, 5) is 29.7. The molecule has 31 heavy (non-hydrogen) atoms. The van der Waals surface area contributed by atoms with Crippen LogP contribution in [-0.4, -0.2) is 22.6 Å². The number of halogens is 1. The molecule has 0 atom stereocenters. The molecular weight excluding hydrogens is 419 g/mol. The van der Waals surface area contributed by atoms with E-state index in [0.29, 0.717) is 33.1 Å². The maximum atomic E-state index is 13.0. The molecule has 1 heterocycles. The molecule has 0 fully saturated rings. The van der Waals surface area contributed by atoms with Crippen molar-refractivity contribution in [1.82, 2.24) is 4.98 Å². The zero-order chi connectivity index (χ0) is 21.6. The lowest BCUT2D eigenvalue weighted by Gasteiger charge is -2.09. The van der Waals surface area contributed by atoms with E-state index in [-0.39, 0.29) is 24.1 Å². The molecule has 4 aromatic rings. The van der Waals surface area contributed by atoms with Crippen LogP contribution < -0.4 is 5.32 Å². The number of ether oxygens (including phenoxy) is 1. The molecule has 156 valence electrons. The summed E-state index contributed by atoms with van der Waals surface area (Å²) in [6.45, 7) is -0.0996. The van der Waals surface area contributed by atoms with Gasteiger partial charge in [-0.1, -0.05) is 24.3 Å². The smallest absolute Gasteiger partial charge is 0.339 e. The lowest BCUT2D eigenvalue weighted by Crippen LogP contribution is -2.14. The summed E-state index contributed by atoms with van der Waals surface area (Å²) in [7, 11) is 0.